The van der Waals surface area contributed by atoms with Crippen molar-refractivity contribution in [1.82, 2.24) is 4.98 Å². The molecule has 0 radical (unpaired) electrons. The summed E-state index contributed by atoms with van der Waals surface area (Å²) in [6, 6.07) is 6.12. The number of nitrogens with zero attached hydrogens (tertiary/aromatic N) is 1. The Morgan fingerprint density at radius 3 is 2.50 bits per heavy atom. The lowest BCUT2D eigenvalue weighted by atomic mass is 9.86. The number of halogens is 1. The molecule has 0 atom stereocenters. The van der Waals surface area contributed by atoms with Crippen LogP contribution in [-0.4, -0.2) is 11.3 Å². The average Bonchev–Trinajstić information content (AvgIpc) is 2.27. The molecule has 0 spiro atoms. The van der Waals surface area contributed by atoms with Crippen molar-refractivity contribution in [2.24, 2.45) is 0 Å². The zero-order valence-corrected chi connectivity index (χ0v) is 11.8. The van der Waals surface area contributed by atoms with E-state index in [4.69, 9.17) is 11.6 Å². The number of hydrogen-bond acceptors (Lipinski definition) is 2. The van der Waals surface area contributed by atoms with Crippen LogP contribution in [0, 0.1) is 6.92 Å². The van der Waals surface area contributed by atoms with Crippen LogP contribution in [0.1, 0.15) is 42.3 Å². The number of benzene rings is 1. The van der Waals surface area contributed by atoms with Gasteiger partial charge >= 0.3 is 0 Å². The van der Waals surface area contributed by atoms with Crippen molar-refractivity contribution in [3.8, 4) is 0 Å². The van der Waals surface area contributed by atoms with Crippen molar-refractivity contribution >= 4 is 28.8 Å². The predicted octanol–water partition coefficient (Wildman–Crippen LogP) is 4.31. The van der Waals surface area contributed by atoms with Gasteiger partial charge in [0.15, 0.2) is 6.29 Å². The molecule has 0 bridgehead atoms. The Kier molecular flexibility index (Phi) is 3.16. The molecule has 18 heavy (non-hydrogen) atoms. The number of aromatic nitrogens is 1. The molecule has 0 fully saturated rings. The molecule has 1 aromatic carbocycles. The maximum atomic E-state index is 11.0. The smallest absolute Gasteiger partial charge is 0.153 e. The van der Waals surface area contributed by atoms with Gasteiger partial charge in [0, 0.05) is 5.39 Å². The Labute approximate surface area is 112 Å². The van der Waals surface area contributed by atoms with E-state index in [-0.39, 0.29) is 10.6 Å². The van der Waals surface area contributed by atoms with E-state index < -0.39 is 0 Å². The number of pyridine rings is 1. The van der Waals surface area contributed by atoms with Crippen molar-refractivity contribution in [3.63, 3.8) is 0 Å². The second-order valence-corrected chi connectivity index (χ2v) is 5.90. The summed E-state index contributed by atoms with van der Waals surface area (Å²) in [5, 5.41) is 1.27. The van der Waals surface area contributed by atoms with Crippen LogP contribution in [0.5, 0.6) is 0 Å². The number of carbonyl (C=O) groups excluding carboxylic acids is 1. The highest BCUT2D eigenvalue weighted by atomic mass is 35.5. The number of aryl methyl sites for hydroxylation is 1. The lowest BCUT2D eigenvalue weighted by Gasteiger charge is -2.20. The van der Waals surface area contributed by atoms with E-state index in [1.165, 1.54) is 5.56 Å². The molecular formula is C15H16ClNO. The molecule has 3 heteroatoms. The highest BCUT2D eigenvalue weighted by Gasteiger charge is 2.16. The molecule has 94 valence electrons. The van der Waals surface area contributed by atoms with Gasteiger partial charge in [0.25, 0.3) is 0 Å². The van der Waals surface area contributed by atoms with Gasteiger partial charge in [-0.1, -0.05) is 38.4 Å². The maximum Gasteiger partial charge on any atom is 0.153 e. The number of hydrogen-bond donors (Lipinski definition) is 0. The summed E-state index contributed by atoms with van der Waals surface area (Å²) in [5.41, 5.74) is 3.50. The van der Waals surface area contributed by atoms with Gasteiger partial charge in [-0.05, 0) is 35.6 Å². The SMILES string of the molecule is Cc1c(C=O)c(Cl)nc2ccc(C(C)(C)C)cc12. The maximum absolute atomic E-state index is 11.0. The van der Waals surface area contributed by atoms with Crippen molar-refractivity contribution in [2.45, 2.75) is 33.1 Å². The molecule has 2 rings (SSSR count). The fourth-order valence-corrected chi connectivity index (χ4v) is 2.28. The topological polar surface area (TPSA) is 30.0 Å². The minimum atomic E-state index is 0.0710. The lowest BCUT2D eigenvalue weighted by Crippen LogP contribution is -2.11. The van der Waals surface area contributed by atoms with Crippen LogP contribution in [0.15, 0.2) is 18.2 Å². The zero-order valence-electron chi connectivity index (χ0n) is 11.0. The van der Waals surface area contributed by atoms with Crippen molar-refractivity contribution < 1.29 is 4.79 Å². The summed E-state index contributed by atoms with van der Waals surface area (Å²) in [7, 11) is 0. The number of fused-ring (bicyclic) bond motifs is 1. The van der Waals surface area contributed by atoms with Gasteiger partial charge in [-0.3, -0.25) is 4.79 Å². The molecule has 2 nitrogen and oxygen atoms in total. The van der Waals surface area contributed by atoms with Gasteiger partial charge in [0.2, 0.25) is 0 Å². The molecule has 1 aromatic heterocycles. The highest BCUT2D eigenvalue weighted by Crippen LogP contribution is 2.29. The summed E-state index contributed by atoms with van der Waals surface area (Å²) in [4.78, 5) is 15.3. The first-order valence-corrected chi connectivity index (χ1v) is 6.28. The first kappa shape index (κ1) is 13.0. The van der Waals surface area contributed by atoms with Crippen LogP contribution in [-0.2, 0) is 5.41 Å². The van der Waals surface area contributed by atoms with Crippen molar-refractivity contribution in [1.29, 1.82) is 0 Å². The van der Waals surface area contributed by atoms with Gasteiger partial charge in [-0.15, -0.1) is 0 Å². The van der Waals surface area contributed by atoms with Gasteiger partial charge in [-0.2, -0.15) is 0 Å². The molecule has 0 saturated heterocycles. The quantitative estimate of drug-likeness (QED) is 0.566. The summed E-state index contributed by atoms with van der Waals surface area (Å²) in [6.07, 6.45) is 0.772. The fourth-order valence-electron chi connectivity index (χ4n) is 2.00. The van der Waals surface area contributed by atoms with E-state index in [9.17, 15) is 4.79 Å². The normalized spacial score (nSPS) is 11.8. The van der Waals surface area contributed by atoms with E-state index in [0.29, 0.717) is 5.56 Å². The van der Waals surface area contributed by atoms with Gasteiger partial charge in [-0.25, -0.2) is 4.98 Å². The number of aldehydes is 1. The minimum Gasteiger partial charge on any atom is -0.298 e. The second-order valence-electron chi connectivity index (χ2n) is 5.54. The molecule has 0 aliphatic rings. The Balaban J connectivity index is 2.80. The monoisotopic (exact) mass is 261 g/mol. The highest BCUT2D eigenvalue weighted by molar-refractivity contribution is 6.32. The largest absolute Gasteiger partial charge is 0.298 e. The Bertz CT molecular complexity index is 626. The van der Waals surface area contributed by atoms with Crippen molar-refractivity contribution in [3.05, 3.63) is 40.0 Å². The van der Waals surface area contributed by atoms with Crippen LogP contribution in [0.2, 0.25) is 5.15 Å². The minimum absolute atomic E-state index is 0.0710. The average molecular weight is 262 g/mol. The summed E-state index contributed by atoms with van der Waals surface area (Å²) in [6.45, 7) is 8.39. The van der Waals surface area contributed by atoms with E-state index in [2.05, 4.69) is 37.9 Å². The molecular weight excluding hydrogens is 246 g/mol. The van der Waals surface area contributed by atoms with Gasteiger partial charge in [0.05, 0.1) is 11.1 Å². The number of rotatable bonds is 1. The third kappa shape index (κ3) is 2.13. The molecule has 0 saturated carbocycles. The molecule has 0 aliphatic heterocycles. The predicted molar refractivity (Wildman–Crippen MR) is 75.6 cm³/mol. The standard InChI is InChI=1S/C15H16ClNO/c1-9-11-7-10(15(2,3)4)5-6-13(11)17-14(16)12(9)8-18/h5-8H,1-4H3. The van der Waals surface area contributed by atoms with Crippen LogP contribution in [0.25, 0.3) is 10.9 Å². The molecule has 1 heterocycles. The van der Waals surface area contributed by atoms with E-state index in [1.54, 1.807) is 0 Å². The van der Waals surface area contributed by atoms with E-state index in [0.717, 1.165) is 22.8 Å². The van der Waals surface area contributed by atoms with Gasteiger partial charge < -0.3 is 0 Å². The van der Waals surface area contributed by atoms with Crippen LogP contribution in [0.4, 0.5) is 0 Å². The van der Waals surface area contributed by atoms with E-state index in [1.807, 2.05) is 13.0 Å². The first-order chi connectivity index (χ1) is 8.34. The molecule has 0 unspecified atom stereocenters. The molecule has 0 aliphatic carbocycles. The van der Waals surface area contributed by atoms with E-state index >= 15 is 0 Å². The Hall–Kier alpha value is -1.41. The third-order valence-electron chi connectivity index (χ3n) is 3.23. The third-order valence-corrected chi connectivity index (χ3v) is 3.52. The fraction of sp³-hybridized carbons (Fsp3) is 0.333. The Morgan fingerprint density at radius 1 is 1.28 bits per heavy atom. The van der Waals surface area contributed by atoms with Crippen LogP contribution < -0.4 is 0 Å². The summed E-state index contributed by atoms with van der Waals surface area (Å²) < 4.78 is 0. The first-order valence-electron chi connectivity index (χ1n) is 5.90. The summed E-state index contributed by atoms with van der Waals surface area (Å²) >= 11 is 6.00. The molecule has 0 N–H and O–H groups in total. The second kappa shape index (κ2) is 4.36. The zero-order chi connectivity index (χ0) is 13.5. The summed E-state index contributed by atoms with van der Waals surface area (Å²) in [5.74, 6) is 0. The lowest BCUT2D eigenvalue weighted by molar-refractivity contribution is 0.112. The van der Waals surface area contributed by atoms with Crippen molar-refractivity contribution in [2.75, 3.05) is 0 Å². The molecule has 2 aromatic rings. The molecule has 0 amide bonds. The number of carbonyl (C=O) groups is 1. The van der Waals surface area contributed by atoms with Crippen LogP contribution in [0.3, 0.4) is 0 Å². The van der Waals surface area contributed by atoms with Crippen LogP contribution >= 0.6 is 11.6 Å². The Morgan fingerprint density at radius 2 is 1.94 bits per heavy atom. The van der Waals surface area contributed by atoms with Gasteiger partial charge in [0.1, 0.15) is 5.15 Å².